The molecule has 0 spiro atoms. The molecule has 0 aromatic heterocycles. The maximum atomic E-state index is 13.0. The van der Waals surface area contributed by atoms with E-state index in [4.69, 9.17) is 4.74 Å². The van der Waals surface area contributed by atoms with Gasteiger partial charge >= 0.3 is 6.18 Å². The third-order valence-electron chi connectivity index (χ3n) is 3.98. The van der Waals surface area contributed by atoms with Crippen LogP contribution in [0.15, 0.2) is 47.4 Å². The minimum atomic E-state index is -4.61. The molecule has 1 heterocycles. The van der Waals surface area contributed by atoms with E-state index in [0.29, 0.717) is 17.9 Å². The third-order valence-corrected chi connectivity index (χ3v) is 5.00. The van der Waals surface area contributed by atoms with E-state index in [1.165, 1.54) is 12.1 Å². The van der Waals surface area contributed by atoms with Crippen molar-refractivity contribution in [1.29, 1.82) is 0 Å². The highest BCUT2D eigenvalue weighted by molar-refractivity contribution is 7.99. The zero-order valence-corrected chi connectivity index (χ0v) is 14.5. The number of ketones is 2. The SMILES string of the molecule is O=C(CCC(=O)c1ccccc1C(F)(F)F)c1ccc2c(c1)OCCS2. The Hall–Kier alpha value is -2.28. The number of Topliss-reactive ketones (excluding diaryl/α,β-unsaturated/α-hetero) is 2. The van der Waals surface area contributed by atoms with E-state index in [-0.39, 0.29) is 18.6 Å². The van der Waals surface area contributed by atoms with Gasteiger partial charge in [-0.2, -0.15) is 13.2 Å². The maximum absolute atomic E-state index is 13.0. The van der Waals surface area contributed by atoms with Gasteiger partial charge in [-0.1, -0.05) is 24.3 Å². The van der Waals surface area contributed by atoms with Crippen LogP contribution in [0.2, 0.25) is 0 Å². The van der Waals surface area contributed by atoms with Gasteiger partial charge in [0.2, 0.25) is 0 Å². The number of fused-ring (bicyclic) bond motifs is 1. The summed E-state index contributed by atoms with van der Waals surface area (Å²) in [6.07, 6.45) is -5.04. The maximum Gasteiger partial charge on any atom is 0.417 e. The molecule has 0 atom stereocenters. The molecule has 3 rings (SSSR count). The molecule has 7 heteroatoms. The Labute approximate surface area is 152 Å². The Balaban J connectivity index is 1.70. The summed E-state index contributed by atoms with van der Waals surface area (Å²) in [4.78, 5) is 25.5. The summed E-state index contributed by atoms with van der Waals surface area (Å²) in [5.41, 5.74) is -0.988. The van der Waals surface area contributed by atoms with Crippen molar-refractivity contribution in [1.82, 2.24) is 0 Å². The van der Waals surface area contributed by atoms with Gasteiger partial charge in [0, 0.05) is 34.6 Å². The van der Waals surface area contributed by atoms with Crippen LogP contribution in [-0.4, -0.2) is 23.9 Å². The van der Waals surface area contributed by atoms with Crippen LogP contribution in [0.25, 0.3) is 0 Å². The highest BCUT2D eigenvalue weighted by Gasteiger charge is 2.34. The van der Waals surface area contributed by atoms with E-state index < -0.39 is 23.1 Å². The summed E-state index contributed by atoms with van der Waals surface area (Å²) in [6, 6.07) is 9.67. The summed E-state index contributed by atoms with van der Waals surface area (Å²) in [5, 5.41) is 0. The molecule has 0 bridgehead atoms. The third kappa shape index (κ3) is 4.09. The van der Waals surface area contributed by atoms with Crippen LogP contribution in [0.5, 0.6) is 5.75 Å². The van der Waals surface area contributed by atoms with Gasteiger partial charge in [0.15, 0.2) is 11.6 Å². The van der Waals surface area contributed by atoms with Crippen molar-refractivity contribution in [3.8, 4) is 5.75 Å². The van der Waals surface area contributed by atoms with Gasteiger partial charge < -0.3 is 4.74 Å². The first kappa shape index (κ1) is 18.5. The average Bonchev–Trinajstić information content (AvgIpc) is 2.64. The minimum absolute atomic E-state index is 0.156. The molecule has 0 radical (unpaired) electrons. The molecule has 0 aliphatic carbocycles. The molecule has 136 valence electrons. The molecule has 1 aliphatic rings. The monoisotopic (exact) mass is 380 g/mol. The lowest BCUT2D eigenvalue weighted by molar-refractivity contribution is -0.137. The molecular formula is C19H15F3O3S. The Morgan fingerprint density at radius 3 is 2.54 bits per heavy atom. The van der Waals surface area contributed by atoms with Crippen LogP contribution in [0, 0.1) is 0 Å². The number of alkyl halides is 3. The molecule has 2 aromatic rings. The summed E-state index contributed by atoms with van der Waals surface area (Å²) in [6.45, 7) is 0.558. The molecule has 0 amide bonds. The van der Waals surface area contributed by atoms with E-state index >= 15 is 0 Å². The number of carbonyl (C=O) groups excluding carboxylic acids is 2. The molecule has 1 aliphatic heterocycles. The first-order valence-corrected chi connectivity index (χ1v) is 8.97. The summed E-state index contributed by atoms with van der Waals surface area (Å²) < 4.78 is 44.5. The van der Waals surface area contributed by atoms with Crippen LogP contribution in [0.1, 0.15) is 39.1 Å². The van der Waals surface area contributed by atoms with Crippen molar-refractivity contribution < 1.29 is 27.5 Å². The van der Waals surface area contributed by atoms with Crippen molar-refractivity contribution >= 4 is 23.3 Å². The van der Waals surface area contributed by atoms with E-state index in [1.54, 1.807) is 30.0 Å². The highest BCUT2D eigenvalue weighted by atomic mass is 32.2. The number of carbonyl (C=O) groups is 2. The zero-order chi connectivity index (χ0) is 18.7. The van der Waals surface area contributed by atoms with Crippen LogP contribution in [0.3, 0.4) is 0 Å². The predicted octanol–water partition coefficient (Wildman–Crippen LogP) is 5.04. The van der Waals surface area contributed by atoms with Gasteiger partial charge in [-0.15, -0.1) is 11.8 Å². The smallest absolute Gasteiger partial charge is 0.417 e. The first-order valence-electron chi connectivity index (χ1n) is 7.98. The average molecular weight is 380 g/mol. The lowest BCUT2D eigenvalue weighted by Gasteiger charge is -2.17. The van der Waals surface area contributed by atoms with Crippen LogP contribution < -0.4 is 4.74 Å². The van der Waals surface area contributed by atoms with Gasteiger partial charge in [-0.05, 0) is 18.2 Å². The molecule has 3 nitrogen and oxygen atoms in total. The molecule has 26 heavy (non-hydrogen) atoms. The molecule has 0 saturated carbocycles. The van der Waals surface area contributed by atoms with Crippen molar-refractivity contribution in [3.05, 3.63) is 59.2 Å². The van der Waals surface area contributed by atoms with E-state index in [2.05, 4.69) is 0 Å². The highest BCUT2D eigenvalue weighted by Crippen LogP contribution is 2.34. The van der Waals surface area contributed by atoms with Gasteiger partial charge in [-0.3, -0.25) is 9.59 Å². The lowest BCUT2D eigenvalue weighted by atomic mass is 9.98. The van der Waals surface area contributed by atoms with Crippen molar-refractivity contribution in [3.63, 3.8) is 0 Å². The summed E-state index contributed by atoms with van der Waals surface area (Å²) in [7, 11) is 0. The van der Waals surface area contributed by atoms with Crippen molar-refractivity contribution in [2.45, 2.75) is 23.9 Å². The van der Waals surface area contributed by atoms with Crippen LogP contribution in [-0.2, 0) is 6.18 Å². The van der Waals surface area contributed by atoms with Gasteiger partial charge in [0.05, 0.1) is 12.2 Å². The first-order chi connectivity index (χ1) is 12.4. The largest absolute Gasteiger partial charge is 0.492 e. The second kappa shape index (κ2) is 7.53. The number of hydrogen-bond donors (Lipinski definition) is 0. The fourth-order valence-corrected chi connectivity index (χ4v) is 3.51. The van der Waals surface area contributed by atoms with Gasteiger partial charge in [0.25, 0.3) is 0 Å². The zero-order valence-electron chi connectivity index (χ0n) is 13.6. The van der Waals surface area contributed by atoms with E-state index in [9.17, 15) is 22.8 Å². The predicted molar refractivity (Wildman–Crippen MR) is 92.0 cm³/mol. The Kier molecular flexibility index (Phi) is 5.36. The number of halogens is 3. The second-order valence-electron chi connectivity index (χ2n) is 5.75. The lowest BCUT2D eigenvalue weighted by Crippen LogP contribution is -2.14. The number of benzene rings is 2. The fraction of sp³-hybridized carbons (Fsp3) is 0.263. The molecule has 0 fully saturated rings. The molecule has 0 saturated heterocycles. The Morgan fingerprint density at radius 1 is 1.04 bits per heavy atom. The number of thioether (sulfide) groups is 1. The molecule has 0 unspecified atom stereocenters. The topological polar surface area (TPSA) is 43.4 Å². The number of rotatable bonds is 5. The second-order valence-corrected chi connectivity index (χ2v) is 6.88. The van der Waals surface area contributed by atoms with Crippen molar-refractivity contribution in [2.24, 2.45) is 0 Å². The standard InChI is InChI=1S/C19H15F3O3S/c20-19(21,22)14-4-2-1-3-13(14)16(24)7-6-15(23)12-5-8-18-17(11-12)25-9-10-26-18/h1-5,8,11H,6-7,9-10H2. The molecule has 0 N–H and O–H groups in total. The number of hydrogen-bond acceptors (Lipinski definition) is 4. The van der Waals surface area contributed by atoms with Crippen molar-refractivity contribution in [2.75, 3.05) is 12.4 Å². The minimum Gasteiger partial charge on any atom is -0.492 e. The normalized spacial score (nSPS) is 13.7. The number of ether oxygens (including phenoxy) is 1. The van der Waals surface area contributed by atoms with Gasteiger partial charge in [0.1, 0.15) is 5.75 Å². The van der Waals surface area contributed by atoms with Crippen LogP contribution in [0.4, 0.5) is 13.2 Å². The molecule has 2 aromatic carbocycles. The van der Waals surface area contributed by atoms with Gasteiger partial charge in [-0.25, -0.2) is 0 Å². The van der Waals surface area contributed by atoms with Crippen LogP contribution >= 0.6 is 11.8 Å². The Morgan fingerprint density at radius 2 is 1.77 bits per heavy atom. The van der Waals surface area contributed by atoms with E-state index in [1.807, 2.05) is 0 Å². The summed E-state index contributed by atoms with van der Waals surface area (Å²) in [5.74, 6) is 0.467. The van der Waals surface area contributed by atoms with E-state index in [0.717, 1.165) is 22.8 Å². The fourth-order valence-electron chi connectivity index (χ4n) is 2.70. The Bertz CT molecular complexity index is 846. The quantitative estimate of drug-likeness (QED) is 0.682. The summed E-state index contributed by atoms with van der Waals surface area (Å²) >= 11 is 1.63. The molecular weight excluding hydrogens is 365 g/mol.